The van der Waals surface area contributed by atoms with Crippen molar-refractivity contribution in [1.29, 1.82) is 0 Å². The molecular weight excluding hydrogens is 308 g/mol. The van der Waals surface area contributed by atoms with Crippen molar-refractivity contribution in [3.05, 3.63) is 35.5 Å². The Kier molecular flexibility index (Phi) is 3.29. The second-order valence-electron chi connectivity index (χ2n) is 5.06. The predicted molar refractivity (Wildman–Crippen MR) is 81.0 cm³/mol. The smallest absolute Gasteiger partial charge is 0.279 e. The normalized spacial score (nSPS) is 19.9. The van der Waals surface area contributed by atoms with Crippen LogP contribution < -0.4 is 15.4 Å². The summed E-state index contributed by atoms with van der Waals surface area (Å²) in [5.74, 6) is -0.463. The van der Waals surface area contributed by atoms with Crippen LogP contribution in [0.5, 0.6) is 5.75 Å². The molecule has 1 aliphatic heterocycles. The molecule has 114 valence electrons. The van der Waals surface area contributed by atoms with Gasteiger partial charge in [-0.2, -0.15) is 5.10 Å². The first-order valence-corrected chi connectivity index (χ1v) is 6.87. The molecule has 2 amide bonds. The molecule has 0 saturated heterocycles. The van der Waals surface area contributed by atoms with Crippen molar-refractivity contribution in [2.45, 2.75) is 12.5 Å². The lowest BCUT2D eigenvalue weighted by Crippen LogP contribution is -2.56. The van der Waals surface area contributed by atoms with Crippen LogP contribution in [0.3, 0.4) is 0 Å². The monoisotopic (exact) mass is 320 g/mol. The number of aromatic nitrogens is 2. The van der Waals surface area contributed by atoms with Crippen molar-refractivity contribution in [3.8, 4) is 5.75 Å². The lowest BCUT2D eigenvalue weighted by molar-refractivity contribution is -0.143. The summed E-state index contributed by atoms with van der Waals surface area (Å²) >= 11 is 5.87. The van der Waals surface area contributed by atoms with Crippen LogP contribution in [0.2, 0.25) is 5.02 Å². The van der Waals surface area contributed by atoms with E-state index in [9.17, 15) is 9.59 Å². The summed E-state index contributed by atoms with van der Waals surface area (Å²) in [6.07, 6.45) is 1.68. The molecule has 1 atom stereocenters. The van der Waals surface area contributed by atoms with Crippen LogP contribution in [0.4, 0.5) is 11.5 Å². The fraction of sp³-hybridized carbons (Fsp3) is 0.214. The molecule has 0 spiro atoms. The summed E-state index contributed by atoms with van der Waals surface area (Å²) in [6, 6.07) is 6.40. The molecule has 0 bridgehead atoms. The van der Waals surface area contributed by atoms with E-state index in [0.29, 0.717) is 22.3 Å². The summed E-state index contributed by atoms with van der Waals surface area (Å²) in [5.41, 5.74) is -1.26. The van der Waals surface area contributed by atoms with Gasteiger partial charge in [0.15, 0.2) is 5.82 Å². The zero-order valence-electron chi connectivity index (χ0n) is 11.9. The number of ether oxygens (including phenoxy) is 1. The Morgan fingerprint density at radius 1 is 1.45 bits per heavy atom. The van der Waals surface area contributed by atoms with Gasteiger partial charge in [-0.3, -0.25) is 14.3 Å². The Hall–Kier alpha value is -2.54. The first-order chi connectivity index (χ1) is 10.4. The van der Waals surface area contributed by atoms with E-state index in [-0.39, 0.29) is 0 Å². The van der Waals surface area contributed by atoms with Crippen molar-refractivity contribution in [2.24, 2.45) is 7.05 Å². The molecule has 1 unspecified atom stereocenters. The summed E-state index contributed by atoms with van der Waals surface area (Å²) in [5, 5.41) is 9.69. The molecule has 2 heterocycles. The van der Waals surface area contributed by atoms with E-state index < -0.39 is 17.4 Å². The fourth-order valence-electron chi connectivity index (χ4n) is 2.06. The minimum atomic E-state index is -1.70. The van der Waals surface area contributed by atoms with Crippen LogP contribution in [0.15, 0.2) is 30.5 Å². The molecule has 2 N–H and O–H groups in total. The van der Waals surface area contributed by atoms with Crippen LogP contribution in [0.25, 0.3) is 0 Å². The molecule has 22 heavy (non-hydrogen) atoms. The van der Waals surface area contributed by atoms with Gasteiger partial charge in [-0.1, -0.05) is 11.6 Å². The number of fused-ring (bicyclic) bond motifs is 1. The van der Waals surface area contributed by atoms with E-state index >= 15 is 0 Å². The Labute approximate surface area is 131 Å². The Morgan fingerprint density at radius 2 is 2.23 bits per heavy atom. The Balaban J connectivity index is 1.87. The van der Waals surface area contributed by atoms with Gasteiger partial charge in [0.2, 0.25) is 0 Å². The van der Waals surface area contributed by atoms with Gasteiger partial charge >= 0.3 is 0 Å². The number of halogens is 1. The minimum absolute atomic E-state index is 0.340. The second-order valence-corrected chi connectivity index (χ2v) is 5.50. The number of nitrogens with one attached hydrogen (secondary N) is 2. The summed E-state index contributed by atoms with van der Waals surface area (Å²) in [6.45, 7) is 1.40. The van der Waals surface area contributed by atoms with Crippen LogP contribution in [-0.4, -0.2) is 27.2 Å². The summed E-state index contributed by atoms with van der Waals surface area (Å²) < 4.78 is 7.15. The van der Waals surface area contributed by atoms with E-state index in [1.165, 1.54) is 11.6 Å². The van der Waals surface area contributed by atoms with Crippen LogP contribution in [0, 0.1) is 0 Å². The minimum Gasteiger partial charge on any atom is -0.466 e. The van der Waals surface area contributed by atoms with E-state index in [2.05, 4.69) is 15.7 Å². The molecule has 1 aromatic carbocycles. The Morgan fingerprint density at radius 3 is 2.91 bits per heavy atom. The highest BCUT2D eigenvalue weighted by molar-refractivity contribution is 6.31. The van der Waals surface area contributed by atoms with E-state index in [1.54, 1.807) is 37.5 Å². The number of amides is 2. The lowest BCUT2D eigenvalue weighted by atomic mass is 10.0. The lowest BCUT2D eigenvalue weighted by Gasteiger charge is -2.33. The number of hydrogen-bond donors (Lipinski definition) is 2. The average Bonchev–Trinajstić information content (AvgIpc) is 2.86. The van der Waals surface area contributed by atoms with Crippen molar-refractivity contribution >= 4 is 34.9 Å². The average molecular weight is 321 g/mol. The van der Waals surface area contributed by atoms with Gasteiger partial charge in [0.1, 0.15) is 5.75 Å². The predicted octanol–water partition coefficient (Wildman–Crippen LogP) is 1.80. The number of benzene rings is 1. The molecule has 0 fully saturated rings. The number of carbonyl (C=O) groups excluding carboxylic acids is 2. The summed E-state index contributed by atoms with van der Waals surface area (Å²) in [4.78, 5) is 24.7. The molecule has 3 rings (SSSR count). The molecule has 0 radical (unpaired) electrons. The summed E-state index contributed by atoms with van der Waals surface area (Å²) in [7, 11) is 1.72. The van der Waals surface area contributed by atoms with Crippen LogP contribution >= 0.6 is 11.6 Å². The first-order valence-electron chi connectivity index (χ1n) is 6.49. The molecule has 2 aromatic rings. The maximum atomic E-state index is 12.4. The highest BCUT2D eigenvalue weighted by Crippen LogP contribution is 2.35. The quantitative estimate of drug-likeness (QED) is 0.826. The van der Waals surface area contributed by atoms with E-state index in [0.717, 1.165) is 0 Å². The molecule has 1 aliphatic rings. The number of carbonyl (C=O) groups is 2. The highest BCUT2D eigenvalue weighted by Gasteiger charge is 2.47. The van der Waals surface area contributed by atoms with Gasteiger partial charge in [0.05, 0.1) is 5.69 Å². The molecule has 8 heteroatoms. The van der Waals surface area contributed by atoms with E-state index in [4.69, 9.17) is 16.3 Å². The third kappa shape index (κ3) is 2.39. The molecule has 0 aliphatic carbocycles. The number of anilines is 2. The molecular formula is C14H13ClN4O3. The fourth-order valence-corrected chi connectivity index (χ4v) is 2.24. The maximum absolute atomic E-state index is 12.4. The number of hydrogen-bond acceptors (Lipinski definition) is 4. The number of nitrogens with zero attached hydrogens (tertiary/aromatic N) is 2. The molecule has 1 aromatic heterocycles. The molecule has 0 saturated carbocycles. The standard InChI is InChI=1S/C14H13ClN4O3/c1-14(13(21)17-11-5-6-19(2)18-11)12(20)16-9-7-8(15)3-4-10(9)22-14/h3-7H,1-2H3,(H,16,20)(H,17,18,21). The van der Waals surface area contributed by atoms with Crippen molar-refractivity contribution < 1.29 is 14.3 Å². The zero-order chi connectivity index (χ0) is 15.9. The first kappa shape index (κ1) is 14.4. The van der Waals surface area contributed by atoms with Gasteiger partial charge < -0.3 is 15.4 Å². The van der Waals surface area contributed by atoms with Crippen LogP contribution in [0.1, 0.15) is 6.92 Å². The molecule has 7 nitrogen and oxygen atoms in total. The maximum Gasteiger partial charge on any atom is 0.279 e. The third-order valence-electron chi connectivity index (χ3n) is 3.33. The second kappa shape index (κ2) is 5.03. The van der Waals surface area contributed by atoms with E-state index in [1.807, 2.05) is 0 Å². The van der Waals surface area contributed by atoms with Gasteiger partial charge in [-0.25, -0.2) is 0 Å². The van der Waals surface area contributed by atoms with Gasteiger partial charge in [0, 0.05) is 24.3 Å². The van der Waals surface area contributed by atoms with Gasteiger partial charge in [-0.15, -0.1) is 0 Å². The van der Waals surface area contributed by atoms with Gasteiger partial charge in [0.25, 0.3) is 17.4 Å². The topological polar surface area (TPSA) is 85.3 Å². The number of aryl methyl sites for hydroxylation is 1. The van der Waals surface area contributed by atoms with Crippen molar-refractivity contribution in [1.82, 2.24) is 9.78 Å². The van der Waals surface area contributed by atoms with Crippen molar-refractivity contribution in [3.63, 3.8) is 0 Å². The van der Waals surface area contributed by atoms with Crippen LogP contribution in [-0.2, 0) is 16.6 Å². The number of rotatable bonds is 2. The largest absolute Gasteiger partial charge is 0.466 e. The zero-order valence-corrected chi connectivity index (χ0v) is 12.6. The van der Waals surface area contributed by atoms with Crippen molar-refractivity contribution in [2.75, 3.05) is 10.6 Å². The van der Waals surface area contributed by atoms with Gasteiger partial charge in [-0.05, 0) is 25.1 Å². The third-order valence-corrected chi connectivity index (χ3v) is 3.56. The highest BCUT2D eigenvalue weighted by atomic mass is 35.5. The SMILES string of the molecule is Cn1ccc(NC(=O)C2(C)Oc3ccc(Cl)cc3NC2=O)n1. The Bertz CT molecular complexity index is 773.